The molecule has 4 rings (SSSR count). The molecule has 0 aliphatic heterocycles. The summed E-state index contributed by atoms with van der Waals surface area (Å²) in [6.07, 6.45) is 2.00. The molecule has 0 aromatic heterocycles. The molecule has 26 heavy (non-hydrogen) atoms. The van der Waals surface area contributed by atoms with Crippen LogP contribution in [-0.4, -0.2) is 4.55 Å². The van der Waals surface area contributed by atoms with Crippen molar-refractivity contribution in [3.05, 3.63) is 100 Å². The van der Waals surface area contributed by atoms with E-state index in [0.29, 0.717) is 10.8 Å². The van der Waals surface area contributed by atoms with Gasteiger partial charge in [0.05, 0.1) is 0 Å². The highest BCUT2D eigenvalue weighted by atomic mass is 35.5. The topological polar surface area (TPSA) is 23.1 Å². The van der Waals surface area contributed by atoms with Crippen molar-refractivity contribution in [1.29, 1.82) is 0 Å². The second-order valence-electron chi connectivity index (χ2n) is 6.19. The molecule has 4 aromatic carbocycles. The Hall–Kier alpha value is -2.26. The van der Waals surface area contributed by atoms with Crippen molar-refractivity contribution < 1.29 is 4.55 Å². The molecule has 0 heterocycles. The van der Waals surface area contributed by atoms with Crippen LogP contribution in [0.25, 0.3) is 27.6 Å². The predicted octanol–water partition coefficient (Wildman–Crippen LogP) is 6.57. The predicted molar refractivity (Wildman–Crippen MR) is 114 cm³/mol. The average Bonchev–Trinajstić information content (AvgIpc) is 2.67. The fraction of sp³-hybridized carbons (Fsp3) is 0.0435. The molecule has 0 aliphatic rings. The number of benzene rings is 4. The molecule has 0 saturated carbocycles. The minimum Gasteiger partial charge on any atom is -0.612 e. The van der Waals surface area contributed by atoms with Crippen molar-refractivity contribution >= 4 is 50.4 Å². The van der Waals surface area contributed by atoms with Crippen LogP contribution in [0, 0.1) is 0 Å². The smallest absolute Gasteiger partial charge is 0.135 e. The van der Waals surface area contributed by atoms with Gasteiger partial charge in [-0.1, -0.05) is 72.3 Å². The third-order valence-corrected chi connectivity index (χ3v) is 5.73. The van der Waals surface area contributed by atoms with Gasteiger partial charge in [0, 0.05) is 10.6 Å². The molecule has 1 atom stereocenters. The zero-order valence-corrected chi connectivity index (χ0v) is 15.6. The molecule has 0 bridgehead atoms. The van der Waals surface area contributed by atoms with E-state index < -0.39 is 11.2 Å². The SMILES string of the molecule is [O-][S+](/C=C/c1c2ccccc2cc2ccccc12)Cc1ccc(Cl)cc1. The summed E-state index contributed by atoms with van der Waals surface area (Å²) < 4.78 is 12.5. The Morgan fingerprint density at radius 3 is 2.00 bits per heavy atom. The highest BCUT2D eigenvalue weighted by molar-refractivity contribution is 7.93. The van der Waals surface area contributed by atoms with Gasteiger partial charge in [-0.15, -0.1) is 0 Å². The van der Waals surface area contributed by atoms with E-state index in [2.05, 4.69) is 30.3 Å². The third-order valence-electron chi connectivity index (χ3n) is 4.42. The Morgan fingerprint density at radius 1 is 0.808 bits per heavy atom. The fourth-order valence-corrected chi connectivity index (χ4v) is 4.20. The maximum absolute atomic E-state index is 12.5. The van der Waals surface area contributed by atoms with Crippen LogP contribution in [0.3, 0.4) is 0 Å². The van der Waals surface area contributed by atoms with Crippen molar-refractivity contribution in [2.75, 3.05) is 0 Å². The van der Waals surface area contributed by atoms with E-state index in [1.54, 1.807) is 5.41 Å². The largest absolute Gasteiger partial charge is 0.612 e. The lowest BCUT2D eigenvalue weighted by Crippen LogP contribution is -1.99. The zero-order chi connectivity index (χ0) is 17.9. The van der Waals surface area contributed by atoms with Crippen LogP contribution in [-0.2, 0) is 16.9 Å². The first-order valence-corrected chi connectivity index (χ1v) is 10.2. The molecule has 3 heteroatoms. The van der Waals surface area contributed by atoms with Crippen LogP contribution in [0.5, 0.6) is 0 Å². The molecule has 0 aliphatic carbocycles. The number of hydrogen-bond acceptors (Lipinski definition) is 1. The molecular weight excluding hydrogens is 360 g/mol. The van der Waals surface area contributed by atoms with Gasteiger partial charge < -0.3 is 4.55 Å². The lowest BCUT2D eigenvalue weighted by molar-refractivity contribution is 0.603. The lowest BCUT2D eigenvalue weighted by atomic mass is 9.97. The first-order chi connectivity index (χ1) is 12.7. The standard InChI is InChI=1S/C23H17ClOS/c24-20-11-9-17(10-12-20)16-26(25)14-13-23-21-7-3-1-5-18(21)15-19-6-2-4-8-22(19)23/h1-15H,16H2/b14-13+. The average molecular weight is 377 g/mol. The Kier molecular flexibility index (Phi) is 4.98. The minimum atomic E-state index is -1.09. The highest BCUT2D eigenvalue weighted by Crippen LogP contribution is 2.29. The van der Waals surface area contributed by atoms with Crippen molar-refractivity contribution in [2.24, 2.45) is 0 Å². The summed E-state index contributed by atoms with van der Waals surface area (Å²) in [6.45, 7) is 0. The molecule has 1 nitrogen and oxygen atoms in total. The Morgan fingerprint density at radius 2 is 1.38 bits per heavy atom. The molecule has 0 amide bonds. The van der Waals surface area contributed by atoms with Gasteiger partial charge in [-0.25, -0.2) is 0 Å². The number of fused-ring (bicyclic) bond motifs is 2. The quantitative estimate of drug-likeness (QED) is 0.292. The first kappa shape index (κ1) is 17.2. The van der Waals surface area contributed by atoms with Crippen molar-refractivity contribution in [3.63, 3.8) is 0 Å². The Labute approximate surface area is 161 Å². The summed E-state index contributed by atoms with van der Waals surface area (Å²) in [6, 6.07) is 26.3. The fourth-order valence-electron chi connectivity index (χ4n) is 3.17. The van der Waals surface area contributed by atoms with Crippen molar-refractivity contribution in [2.45, 2.75) is 5.75 Å². The molecule has 0 spiro atoms. The van der Waals surface area contributed by atoms with Gasteiger partial charge in [-0.3, -0.25) is 0 Å². The van der Waals surface area contributed by atoms with E-state index in [-0.39, 0.29) is 0 Å². The molecule has 0 saturated heterocycles. The minimum absolute atomic E-state index is 0.483. The Bertz CT molecular complexity index is 1030. The lowest BCUT2D eigenvalue weighted by Gasteiger charge is -2.09. The summed E-state index contributed by atoms with van der Waals surface area (Å²) in [5.74, 6) is 0.483. The van der Waals surface area contributed by atoms with Gasteiger partial charge in [-0.2, -0.15) is 0 Å². The highest BCUT2D eigenvalue weighted by Gasteiger charge is 2.08. The van der Waals surface area contributed by atoms with Crippen molar-refractivity contribution in [3.8, 4) is 0 Å². The van der Waals surface area contributed by atoms with E-state index in [4.69, 9.17) is 11.6 Å². The van der Waals surface area contributed by atoms with Gasteiger partial charge in [0.15, 0.2) is 0 Å². The number of rotatable bonds is 4. The summed E-state index contributed by atoms with van der Waals surface area (Å²) in [7, 11) is 0. The van der Waals surface area contributed by atoms with Crippen LogP contribution >= 0.6 is 11.6 Å². The van der Waals surface area contributed by atoms with Gasteiger partial charge in [-0.05, 0) is 62.6 Å². The second-order valence-corrected chi connectivity index (χ2v) is 7.95. The molecule has 128 valence electrons. The van der Waals surface area contributed by atoms with Gasteiger partial charge in [0.2, 0.25) is 0 Å². The van der Waals surface area contributed by atoms with Gasteiger partial charge in [0.25, 0.3) is 0 Å². The van der Waals surface area contributed by atoms with Gasteiger partial charge >= 0.3 is 0 Å². The van der Waals surface area contributed by atoms with Crippen LogP contribution in [0.2, 0.25) is 5.02 Å². The molecule has 0 radical (unpaired) electrons. The zero-order valence-electron chi connectivity index (χ0n) is 14.1. The van der Waals surface area contributed by atoms with Crippen LogP contribution in [0.4, 0.5) is 0 Å². The summed E-state index contributed by atoms with van der Waals surface area (Å²) >= 11 is 4.82. The monoisotopic (exact) mass is 376 g/mol. The van der Waals surface area contributed by atoms with E-state index in [1.165, 1.54) is 21.5 Å². The summed E-state index contributed by atoms with van der Waals surface area (Å²) in [5.41, 5.74) is 2.13. The van der Waals surface area contributed by atoms with Crippen LogP contribution < -0.4 is 0 Å². The van der Waals surface area contributed by atoms with Gasteiger partial charge in [0.1, 0.15) is 11.2 Å². The maximum atomic E-state index is 12.5. The number of hydrogen-bond donors (Lipinski definition) is 0. The number of halogens is 1. The molecular formula is C23H17ClOS. The van der Waals surface area contributed by atoms with E-state index >= 15 is 0 Å². The van der Waals surface area contributed by atoms with E-state index in [0.717, 1.165) is 11.1 Å². The molecule has 0 N–H and O–H groups in total. The molecule has 4 aromatic rings. The van der Waals surface area contributed by atoms with Crippen LogP contribution in [0.15, 0.2) is 84.3 Å². The second kappa shape index (κ2) is 7.55. The first-order valence-electron chi connectivity index (χ1n) is 8.41. The molecule has 0 fully saturated rings. The Balaban J connectivity index is 1.70. The summed E-state index contributed by atoms with van der Waals surface area (Å²) in [5, 5.41) is 7.21. The molecule has 1 unspecified atom stereocenters. The summed E-state index contributed by atoms with van der Waals surface area (Å²) in [4.78, 5) is 0. The van der Waals surface area contributed by atoms with Crippen LogP contribution in [0.1, 0.15) is 11.1 Å². The normalized spacial score (nSPS) is 12.8. The van der Waals surface area contributed by atoms with E-state index in [1.807, 2.05) is 54.6 Å². The third kappa shape index (κ3) is 3.63. The maximum Gasteiger partial charge on any atom is 0.135 e. The van der Waals surface area contributed by atoms with E-state index in [9.17, 15) is 4.55 Å². The van der Waals surface area contributed by atoms with Crippen molar-refractivity contribution in [1.82, 2.24) is 0 Å².